The van der Waals surface area contributed by atoms with Crippen LogP contribution in [0.5, 0.6) is 17.2 Å². The maximum absolute atomic E-state index is 12.3. The van der Waals surface area contributed by atoms with Gasteiger partial charge in [0, 0.05) is 62.0 Å². The normalized spacial score (nSPS) is 20.2. The Morgan fingerprint density at radius 1 is 0.696 bits per heavy atom. The quantitative estimate of drug-likeness (QED) is 0.0462. The highest BCUT2D eigenvalue weighted by molar-refractivity contribution is 7.99. The molecule has 4 fully saturated rings. The van der Waals surface area contributed by atoms with Crippen LogP contribution in [-0.2, 0) is 33.3 Å². The molecule has 0 amide bonds. The first-order valence-electron chi connectivity index (χ1n) is 24.8. The number of rotatable bonds is 23. The minimum Gasteiger partial charge on any atom is -0.493 e. The van der Waals surface area contributed by atoms with Crippen LogP contribution in [-0.4, -0.2) is 180 Å². The molecule has 3 N–H and O–H groups in total. The van der Waals surface area contributed by atoms with Gasteiger partial charge in [-0.05, 0) is 50.7 Å². The van der Waals surface area contributed by atoms with Crippen LogP contribution in [0.3, 0.4) is 0 Å². The second-order valence-corrected chi connectivity index (χ2v) is 18.7. The van der Waals surface area contributed by atoms with E-state index < -0.39 is 0 Å². The highest BCUT2D eigenvalue weighted by Gasteiger charge is 2.32. The van der Waals surface area contributed by atoms with E-state index in [-0.39, 0.29) is 36.0 Å². The number of hydrazine groups is 1. The molecule has 5 heterocycles. The number of methoxy groups -OCH3 is 4. The molecule has 4 aliphatic heterocycles. The van der Waals surface area contributed by atoms with E-state index in [0.29, 0.717) is 55.6 Å². The Kier molecular flexibility index (Phi) is 28.2. The van der Waals surface area contributed by atoms with Crippen LogP contribution in [0.25, 0.3) is 0 Å². The predicted molar refractivity (Wildman–Crippen MR) is 272 cm³/mol. The van der Waals surface area contributed by atoms with Crippen molar-refractivity contribution >= 4 is 52.6 Å². The van der Waals surface area contributed by atoms with E-state index >= 15 is 0 Å². The standard InChI is InChI=1S/C17H26ClN3O2.C16H31N3O3.C16H24N2O5S/c1-2-3-6-11-23-17(22)15-7-4-5-10-21(15)13-20-14-8-9-16(18)19-12-14;1-2-3-6-11-22-16(20)15-7-4-5-8-18(15)14-17-19-9-12-21-13-10-19;1-20-13-7-11(8-14(21-2)15(13)22-3)17-10-18-5-6-24-9-12(18)16(19)23-4/h8-9,12,15,20H,2-7,10-11,13H2,1H3;15,17H,2-14H2,1H3;7-8,12,17H,5-6,9-10H2,1-4H3/t2*15-;/m00./s1. The van der Waals surface area contributed by atoms with Crippen molar-refractivity contribution in [2.45, 2.75) is 109 Å². The minimum absolute atomic E-state index is 0.0421. The summed E-state index contributed by atoms with van der Waals surface area (Å²) in [4.78, 5) is 47.0. The summed E-state index contributed by atoms with van der Waals surface area (Å²) in [7, 11) is 6.15. The summed E-state index contributed by atoms with van der Waals surface area (Å²) in [5.74, 6) is 3.11. The second-order valence-electron chi connectivity index (χ2n) is 17.2. The van der Waals surface area contributed by atoms with Gasteiger partial charge in [-0.2, -0.15) is 11.8 Å². The summed E-state index contributed by atoms with van der Waals surface area (Å²) in [6.45, 7) is 13.3. The molecule has 0 saturated carbocycles. The first kappa shape index (κ1) is 57.8. The number of aromatic nitrogens is 1. The fraction of sp³-hybridized carbons (Fsp3) is 0.714. The third kappa shape index (κ3) is 20.4. The van der Waals surface area contributed by atoms with Crippen LogP contribution >= 0.6 is 23.4 Å². The average molecular weight is 1010 g/mol. The van der Waals surface area contributed by atoms with Crippen molar-refractivity contribution < 1.29 is 47.5 Å². The van der Waals surface area contributed by atoms with Crippen molar-refractivity contribution in [3.05, 3.63) is 35.6 Å². The molecule has 1 aromatic heterocycles. The summed E-state index contributed by atoms with van der Waals surface area (Å²) in [6.07, 6.45) is 14.4. The van der Waals surface area contributed by atoms with Crippen molar-refractivity contribution in [3.8, 4) is 17.2 Å². The number of carbonyl (C=O) groups excluding carboxylic acids is 3. The Hall–Kier alpha value is -3.82. The van der Waals surface area contributed by atoms with Gasteiger partial charge in [0.2, 0.25) is 5.75 Å². The molecule has 0 spiro atoms. The maximum Gasteiger partial charge on any atom is 0.323 e. The number of benzene rings is 1. The van der Waals surface area contributed by atoms with Gasteiger partial charge in [-0.1, -0.05) is 64.0 Å². The number of thioether (sulfide) groups is 1. The zero-order valence-corrected chi connectivity index (χ0v) is 43.7. The molecule has 1 unspecified atom stereocenters. The number of piperidine rings is 2. The third-order valence-corrected chi connectivity index (χ3v) is 13.6. The zero-order valence-electron chi connectivity index (χ0n) is 42.1. The number of pyridine rings is 1. The summed E-state index contributed by atoms with van der Waals surface area (Å²) >= 11 is 7.55. The fourth-order valence-corrected chi connectivity index (χ4v) is 9.49. The molecule has 0 radical (unpaired) electrons. The van der Waals surface area contributed by atoms with Gasteiger partial charge in [0.05, 0.1) is 86.8 Å². The smallest absolute Gasteiger partial charge is 0.323 e. The van der Waals surface area contributed by atoms with Crippen molar-refractivity contribution in [3.63, 3.8) is 0 Å². The Bertz CT molecular complexity index is 1740. The molecule has 0 bridgehead atoms. The Morgan fingerprint density at radius 2 is 1.26 bits per heavy atom. The zero-order chi connectivity index (χ0) is 49.6. The molecule has 18 nitrogen and oxygen atoms in total. The van der Waals surface area contributed by atoms with E-state index in [2.05, 4.69) is 54.6 Å². The van der Waals surface area contributed by atoms with Crippen molar-refractivity contribution in [1.82, 2.24) is 30.1 Å². The number of carbonyl (C=O) groups is 3. The molecule has 20 heteroatoms. The molecule has 4 saturated heterocycles. The number of morpholine rings is 1. The molecular weight excluding hydrogens is 928 g/mol. The number of nitrogens with zero attached hydrogens (tertiary/aromatic N) is 5. The molecule has 4 aliphatic rings. The molecule has 2 aromatic rings. The number of unbranched alkanes of at least 4 members (excludes halogenated alkanes) is 4. The van der Waals surface area contributed by atoms with Gasteiger partial charge in [0.15, 0.2) is 11.5 Å². The van der Waals surface area contributed by atoms with Gasteiger partial charge in [-0.15, -0.1) is 0 Å². The van der Waals surface area contributed by atoms with E-state index in [9.17, 15) is 14.4 Å². The van der Waals surface area contributed by atoms with Crippen molar-refractivity contribution in [2.75, 3.05) is 130 Å². The third-order valence-electron chi connectivity index (χ3n) is 12.3. The van der Waals surface area contributed by atoms with Gasteiger partial charge in [-0.25, -0.2) is 15.4 Å². The van der Waals surface area contributed by atoms with Crippen LogP contribution in [0.1, 0.15) is 90.9 Å². The molecule has 0 aliphatic carbocycles. The summed E-state index contributed by atoms with van der Waals surface area (Å²) in [5, 5.41) is 9.27. The number of nitrogens with one attached hydrogen (secondary N) is 3. The Labute approximate surface area is 420 Å². The lowest BCUT2D eigenvalue weighted by Gasteiger charge is -2.36. The van der Waals surface area contributed by atoms with Crippen molar-refractivity contribution in [1.29, 1.82) is 0 Å². The van der Waals surface area contributed by atoms with Crippen LogP contribution < -0.4 is 30.3 Å². The summed E-state index contributed by atoms with van der Waals surface area (Å²) < 4.78 is 37.2. The van der Waals surface area contributed by atoms with Gasteiger partial charge < -0.3 is 43.8 Å². The number of hydrogen-bond acceptors (Lipinski definition) is 19. The Balaban J connectivity index is 0.000000226. The first-order valence-corrected chi connectivity index (χ1v) is 26.4. The number of ether oxygens (including phenoxy) is 7. The Morgan fingerprint density at radius 3 is 1.78 bits per heavy atom. The van der Waals surface area contributed by atoms with E-state index in [1.807, 2.05) is 18.2 Å². The second kappa shape index (κ2) is 33.7. The largest absolute Gasteiger partial charge is 0.493 e. The molecule has 1 aromatic carbocycles. The van der Waals surface area contributed by atoms with E-state index in [4.69, 9.17) is 44.8 Å². The summed E-state index contributed by atoms with van der Waals surface area (Å²) in [5.41, 5.74) is 5.15. The lowest BCUT2D eigenvalue weighted by molar-refractivity contribution is -0.152. The fourth-order valence-electron chi connectivity index (χ4n) is 8.28. The maximum atomic E-state index is 12.3. The van der Waals surface area contributed by atoms with E-state index in [1.165, 1.54) is 7.11 Å². The van der Waals surface area contributed by atoms with Crippen molar-refractivity contribution in [2.24, 2.45) is 0 Å². The molecule has 390 valence electrons. The lowest BCUT2D eigenvalue weighted by Crippen LogP contribution is -2.54. The minimum atomic E-state index is -0.233. The van der Waals surface area contributed by atoms with Crippen LogP contribution in [0.2, 0.25) is 5.15 Å². The SMILES string of the molecule is CCCCCOC(=O)[C@@H]1CCCCN1CNN1CCOCC1.CCCCCOC(=O)[C@@H]1CCCCN1CNc1ccc(Cl)nc1.COC(=O)C1CSCCN1CNc1cc(OC)c(OC)c(OC)c1. The number of esters is 3. The highest BCUT2D eigenvalue weighted by atomic mass is 35.5. The molecule has 6 rings (SSSR count). The average Bonchev–Trinajstić information content (AvgIpc) is 3.40. The van der Waals surface area contributed by atoms with Crippen LogP contribution in [0, 0.1) is 0 Å². The van der Waals surface area contributed by atoms with Gasteiger partial charge >= 0.3 is 17.9 Å². The van der Waals surface area contributed by atoms with Gasteiger partial charge in [0.25, 0.3) is 0 Å². The highest BCUT2D eigenvalue weighted by Crippen LogP contribution is 2.40. The van der Waals surface area contributed by atoms with E-state index in [1.54, 1.807) is 45.4 Å². The van der Waals surface area contributed by atoms with Gasteiger partial charge in [-0.3, -0.25) is 29.1 Å². The van der Waals surface area contributed by atoms with Gasteiger partial charge in [0.1, 0.15) is 23.3 Å². The molecule has 3 atom stereocenters. The number of halogens is 1. The molecular formula is C49H81ClN8O10S. The van der Waals surface area contributed by atoms with Crippen LogP contribution in [0.15, 0.2) is 30.5 Å². The van der Waals surface area contributed by atoms with Crippen LogP contribution in [0.4, 0.5) is 11.4 Å². The number of likely N-dealkylation sites (tertiary alicyclic amines) is 2. The summed E-state index contributed by atoms with van der Waals surface area (Å²) in [6, 6.07) is 6.86. The van der Waals surface area contributed by atoms with E-state index in [0.717, 1.165) is 146 Å². The first-order chi connectivity index (χ1) is 33.6. The number of hydrogen-bond donors (Lipinski definition) is 3. The predicted octanol–water partition coefficient (Wildman–Crippen LogP) is 6.73. The topological polar surface area (TPSA) is 178 Å². The molecule has 69 heavy (non-hydrogen) atoms. The monoisotopic (exact) mass is 1010 g/mol. The number of anilines is 2. The lowest BCUT2D eigenvalue weighted by atomic mass is 10.0.